The van der Waals surface area contributed by atoms with Crippen LogP contribution in [0.25, 0.3) is 0 Å². The third-order valence-electron chi connectivity index (χ3n) is 3.16. The summed E-state index contributed by atoms with van der Waals surface area (Å²) in [6.45, 7) is 3.53. The molecule has 7 heteroatoms. The highest BCUT2D eigenvalue weighted by molar-refractivity contribution is 7.89. The van der Waals surface area contributed by atoms with Crippen LogP contribution in [0.2, 0.25) is 0 Å². The Balaban J connectivity index is 2.31. The van der Waals surface area contributed by atoms with Gasteiger partial charge in [0.15, 0.2) is 0 Å². The van der Waals surface area contributed by atoms with Crippen LogP contribution in [0.4, 0.5) is 0 Å². The Bertz CT molecular complexity index is 694. The summed E-state index contributed by atoms with van der Waals surface area (Å²) in [5, 5.41) is 9.19. The maximum atomic E-state index is 12.3. The molecular weight excluding hydrogens is 278 g/mol. The highest BCUT2D eigenvalue weighted by Gasteiger charge is 2.18. The topological polar surface area (TPSA) is 95.1 Å². The molecule has 1 aromatic carbocycles. The van der Waals surface area contributed by atoms with E-state index in [0.717, 1.165) is 5.56 Å². The lowest BCUT2D eigenvalue weighted by molar-refractivity contribution is 0.281. The molecule has 0 saturated carbocycles. The summed E-state index contributed by atoms with van der Waals surface area (Å²) < 4.78 is 27.2. The molecule has 0 fully saturated rings. The molecular formula is C13H17N3O3S. The summed E-state index contributed by atoms with van der Waals surface area (Å²) in [7, 11) is -3.63. The minimum atomic E-state index is -3.63. The molecule has 0 unspecified atom stereocenters. The van der Waals surface area contributed by atoms with Crippen molar-refractivity contribution in [3.05, 3.63) is 47.0 Å². The largest absolute Gasteiger partial charge is 0.392 e. The molecule has 0 aliphatic heterocycles. The first kappa shape index (κ1) is 14.7. The monoisotopic (exact) mass is 295 g/mol. The number of aromatic amines is 1. The van der Waals surface area contributed by atoms with Gasteiger partial charge in [-0.25, -0.2) is 18.1 Å². The molecule has 0 radical (unpaired) electrons. The third-order valence-corrected chi connectivity index (χ3v) is 4.69. The van der Waals surface area contributed by atoms with Crippen LogP contribution in [-0.2, 0) is 23.2 Å². The van der Waals surface area contributed by atoms with Gasteiger partial charge in [-0.15, -0.1) is 0 Å². The van der Waals surface area contributed by atoms with Crippen LogP contribution in [0, 0.1) is 13.8 Å². The first-order valence-electron chi connectivity index (χ1n) is 6.12. The summed E-state index contributed by atoms with van der Waals surface area (Å²) in [6.07, 6.45) is 3.05. The molecule has 0 aliphatic rings. The quantitative estimate of drug-likeness (QED) is 0.767. The first-order chi connectivity index (χ1) is 9.44. The Hall–Kier alpha value is -1.70. The van der Waals surface area contributed by atoms with E-state index in [1.807, 2.05) is 6.92 Å². The molecule has 1 heterocycles. The second-order valence-electron chi connectivity index (χ2n) is 4.60. The van der Waals surface area contributed by atoms with E-state index in [4.69, 9.17) is 0 Å². The second kappa shape index (κ2) is 5.74. The highest BCUT2D eigenvalue weighted by atomic mass is 32.2. The number of aliphatic hydroxyl groups is 1. The summed E-state index contributed by atoms with van der Waals surface area (Å²) in [6, 6.07) is 3.28. The summed E-state index contributed by atoms with van der Waals surface area (Å²) >= 11 is 0. The number of sulfonamides is 1. The zero-order valence-corrected chi connectivity index (χ0v) is 12.2. The number of aryl methyl sites for hydroxylation is 1. The van der Waals surface area contributed by atoms with Gasteiger partial charge in [0.05, 0.1) is 24.4 Å². The number of imidazole rings is 1. The van der Waals surface area contributed by atoms with Gasteiger partial charge in [0, 0.05) is 11.9 Å². The van der Waals surface area contributed by atoms with E-state index in [1.165, 1.54) is 12.4 Å². The Morgan fingerprint density at radius 1 is 1.35 bits per heavy atom. The van der Waals surface area contributed by atoms with Crippen LogP contribution in [0.1, 0.15) is 22.4 Å². The standard InChI is InChI=1S/C13H17N3O3S/c1-9-3-11(7-17)4-13(10(9)2)20(18,19)16-6-12-5-14-8-15-12/h3-5,8,16-17H,6-7H2,1-2H3,(H,14,15). The van der Waals surface area contributed by atoms with Gasteiger partial charge in [0.25, 0.3) is 0 Å². The smallest absolute Gasteiger partial charge is 0.241 e. The predicted octanol–water partition coefficient (Wildman–Crippen LogP) is 0.997. The van der Waals surface area contributed by atoms with Gasteiger partial charge in [0.2, 0.25) is 10.0 Å². The number of hydrogen-bond acceptors (Lipinski definition) is 4. The number of nitrogens with zero attached hydrogens (tertiary/aromatic N) is 1. The van der Waals surface area contributed by atoms with Gasteiger partial charge in [-0.1, -0.05) is 6.07 Å². The number of nitrogens with one attached hydrogen (secondary N) is 2. The third kappa shape index (κ3) is 3.06. The van der Waals surface area contributed by atoms with E-state index in [-0.39, 0.29) is 18.0 Å². The molecule has 20 heavy (non-hydrogen) atoms. The van der Waals surface area contributed by atoms with E-state index >= 15 is 0 Å². The van der Waals surface area contributed by atoms with Crippen LogP contribution < -0.4 is 4.72 Å². The van der Waals surface area contributed by atoms with Crippen molar-refractivity contribution < 1.29 is 13.5 Å². The highest BCUT2D eigenvalue weighted by Crippen LogP contribution is 2.21. The molecule has 1 aromatic heterocycles. The summed E-state index contributed by atoms with van der Waals surface area (Å²) in [4.78, 5) is 6.86. The van der Waals surface area contributed by atoms with E-state index in [1.54, 1.807) is 19.2 Å². The fraction of sp³-hybridized carbons (Fsp3) is 0.308. The van der Waals surface area contributed by atoms with Crippen molar-refractivity contribution in [3.8, 4) is 0 Å². The predicted molar refractivity (Wildman–Crippen MR) is 74.5 cm³/mol. The fourth-order valence-corrected chi connectivity index (χ4v) is 3.27. The molecule has 0 saturated heterocycles. The van der Waals surface area contributed by atoms with Crippen LogP contribution in [0.3, 0.4) is 0 Å². The zero-order valence-electron chi connectivity index (χ0n) is 11.3. The molecule has 0 spiro atoms. The number of H-pyrrole nitrogens is 1. The molecule has 0 bridgehead atoms. The van der Waals surface area contributed by atoms with Crippen LogP contribution >= 0.6 is 0 Å². The van der Waals surface area contributed by atoms with Crippen molar-refractivity contribution in [2.45, 2.75) is 31.9 Å². The lowest BCUT2D eigenvalue weighted by atomic mass is 10.1. The average molecular weight is 295 g/mol. The zero-order chi connectivity index (χ0) is 14.8. The van der Waals surface area contributed by atoms with E-state index in [9.17, 15) is 13.5 Å². The van der Waals surface area contributed by atoms with Crippen molar-refractivity contribution in [3.63, 3.8) is 0 Å². The lowest BCUT2D eigenvalue weighted by Gasteiger charge is -2.12. The van der Waals surface area contributed by atoms with Gasteiger partial charge in [-0.05, 0) is 36.6 Å². The van der Waals surface area contributed by atoms with Crippen molar-refractivity contribution in [2.24, 2.45) is 0 Å². The van der Waals surface area contributed by atoms with E-state index < -0.39 is 10.0 Å². The Labute approximate surface area is 117 Å². The Morgan fingerprint density at radius 2 is 2.10 bits per heavy atom. The van der Waals surface area contributed by atoms with Gasteiger partial charge in [0.1, 0.15) is 0 Å². The fourth-order valence-electron chi connectivity index (χ4n) is 1.90. The minimum Gasteiger partial charge on any atom is -0.392 e. The van der Waals surface area contributed by atoms with Crippen molar-refractivity contribution in [1.29, 1.82) is 0 Å². The second-order valence-corrected chi connectivity index (χ2v) is 6.33. The van der Waals surface area contributed by atoms with E-state index in [2.05, 4.69) is 14.7 Å². The molecule has 6 nitrogen and oxygen atoms in total. The molecule has 0 aliphatic carbocycles. The number of aliphatic hydroxyl groups excluding tert-OH is 1. The van der Waals surface area contributed by atoms with Gasteiger partial charge in [-0.3, -0.25) is 0 Å². The maximum Gasteiger partial charge on any atom is 0.241 e. The molecule has 0 atom stereocenters. The van der Waals surface area contributed by atoms with Crippen LogP contribution in [-0.4, -0.2) is 23.5 Å². The van der Waals surface area contributed by atoms with Crippen LogP contribution in [0.15, 0.2) is 29.6 Å². The maximum absolute atomic E-state index is 12.3. The normalized spacial score (nSPS) is 11.8. The van der Waals surface area contributed by atoms with Crippen molar-refractivity contribution >= 4 is 10.0 Å². The minimum absolute atomic E-state index is 0.143. The number of rotatable bonds is 5. The SMILES string of the molecule is Cc1cc(CO)cc(S(=O)(=O)NCc2cnc[nH]2)c1C. The first-order valence-corrected chi connectivity index (χ1v) is 7.60. The summed E-state index contributed by atoms with van der Waals surface area (Å²) in [5.74, 6) is 0. The van der Waals surface area contributed by atoms with Crippen molar-refractivity contribution in [1.82, 2.24) is 14.7 Å². The molecule has 3 N–H and O–H groups in total. The summed E-state index contributed by atoms with van der Waals surface area (Å²) in [5.41, 5.74) is 2.77. The Morgan fingerprint density at radius 3 is 2.70 bits per heavy atom. The number of benzene rings is 1. The van der Waals surface area contributed by atoms with Gasteiger partial charge in [-0.2, -0.15) is 0 Å². The number of aromatic nitrogens is 2. The van der Waals surface area contributed by atoms with Gasteiger partial charge >= 0.3 is 0 Å². The molecule has 2 aromatic rings. The van der Waals surface area contributed by atoms with Gasteiger partial charge < -0.3 is 10.1 Å². The molecule has 0 amide bonds. The van der Waals surface area contributed by atoms with Crippen molar-refractivity contribution in [2.75, 3.05) is 0 Å². The number of hydrogen-bond donors (Lipinski definition) is 3. The molecule has 2 rings (SSSR count). The Kier molecular flexibility index (Phi) is 4.22. The molecule has 108 valence electrons. The lowest BCUT2D eigenvalue weighted by Crippen LogP contribution is -2.24. The van der Waals surface area contributed by atoms with E-state index in [0.29, 0.717) is 16.8 Å². The average Bonchev–Trinajstić information content (AvgIpc) is 2.92. The van der Waals surface area contributed by atoms with Crippen LogP contribution in [0.5, 0.6) is 0 Å².